The summed E-state index contributed by atoms with van der Waals surface area (Å²) in [6, 6.07) is 16.3. The number of pyridine rings is 1. The molecule has 0 aliphatic rings. The Bertz CT molecular complexity index is 1210. The van der Waals surface area contributed by atoms with Gasteiger partial charge in [-0.05, 0) is 54.1 Å². The van der Waals surface area contributed by atoms with Gasteiger partial charge in [-0.15, -0.1) is 0 Å². The van der Waals surface area contributed by atoms with Crippen LogP contribution in [0, 0.1) is 5.82 Å². The van der Waals surface area contributed by atoms with E-state index in [9.17, 15) is 9.18 Å². The minimum atomic E-state index is -0.431. The summed E-state index contributed by atoms with van der Waals surface area (Å²) >= 11 is 12.2. The lowest BCUT2D eigenvalue weighted by atomic mass is 10.1. The summed E-state index contributed by atoms with van der Waals surface area (Å²) in [5.74, 6) is -0.798. The van der Waals surface area contributed by atoms with Gasteiger partial charge in [0.1, 0.15) is 11.5 Å². The van der Waals surface area contributed by atoms with E-state index < -0.39 is 5.82 Å². The first kappa shape index (κ1) is 20.1. The van der Waals surface area contributed by atoms with Gasteiger partial charge in [-0.3, -0.25) is 9.78 Å². The maximum Gasteiger partial charge on any atom is 0.270 e. The van der Waals surface area contributed by atoms with Crippen LogP contribution in [0.3, 0.4) is 0 Å². The Kier molecular flexibility index (Phi) is 5.79. The highest BCUT2D eigenvalue weighted by atomic mass is 35.5. The Morgan fingerprint density at radius 1 is 1.00 bits per heavy atom. The molecule has 2 heterocycles. The SMILES string of the molecule is O=C(NCc1ccncc1)c1cc(-c2ccccc2F)nn1-c1ccc(Cl)c(Cl)c1. The highest BCUT2D eigenvalue weighted by Crippen LogP contribution is 2.28. The zero-order valence-electron chi connectivity index (χ0n) is 15.5. The lowest BCUT2D eigenvalue weighted by molar-refractivity contribution is 0.0943. The van der Waals surface area contributed by atoms with E-state index in [0.717, 1.165) is 5.56 Å². The Balaban J connectivity index is 1.74. The predicted octanol–water partition coefficient (Wildman–Crippen LogP) is 5.31. The molecule has 0 radical (unpaired) electrons. The van der Waals surface area contributed by atoms with Crippen LogP contribution in [-0.4, -0.2) is 20.7 Å². The fourth-order valence-electron chi connectivity index (χ4n) is 2.93. The Morgan fingerprint density at radius 3 is 2.50 bits per heavy atom. The third-order valence-corrected chi connectivity index (χ3v) is 5.18. The van der Waals surface area contributed by atoms with Crippen molar-refractivity contribution in [3.05, 3.63) is 100 Å². The first-order valence-electron chi connectivity index (χ1n) is 9.00. The lowest BCUT2D eigenvalue weighted by Gasteiger charge is -2.09. The van der Waals surface area contributed by atoms with Crippen LogP contribution >= 0.6 is 23.2 Å². The summed E-state index contributed by atoms with van der Waals surface area (Å²) in [5.41, 5.74) is 2.28. The number of nitrogens with zero attached hydrogens (tertiary/aromatic N) is 3. The number of carbonyl (C=O) groups is 1. The van der Waals surface area contributed by atoms with Gasteiger partial charge in [-0.2, -0.15) is 5.10 Å². The molecular formula is C22H15Cl2FN4O. The third kappa shape index (κ3) is 4.20. The number of nitrogens with one attached hydrogen (secondary N) is 1. The summed E-state index contributed by atoms with van der Waals surface area (Å²) in [7, 11) is 0. The fourth-order valence-corrected chi connectivity index (χ4v) is 3.22. The van der Waals surface area contributed by atoms with E-state index in [4.69, 9.17) is 23.2 Å². The van der Waals surface area contributed by atoms with Gasteiger partial charge in [0.15, 0.2) is 0 Å². The van der Waals surface area contributed by atoms with Crippen molar-refractivity contribution in [2.75, 3.05) is 0 Å². The number of halogens is 3. The molecule has 0 aliphatic carbocycles. The van der Waals surface area contributed by atoms with Gasteiger partial charge in [0.2, 0.25) is 0 Å². The van der Waals surface area contributed by atoms with Crippen molar-refractivity contribution in [2.24, 2.45) is 0 Å². The summed E-state index contributed by atoms with van der Waals surface area (Å²) in [5, 5.41) is 8.01. The van der Waals surface area contributed by atoms with Gasteiger partial charge in [0, 0.05) is 24.5 Å². The molecule has 0 unspecified atom stereocenters. The van der Waals surface area contributed by atoms with Crippen LogP contribution in [0.5, 0.6) is 0 Å². The molecule has 4 rings (SSSR count). The number of hydrogen-bond donors (Lipinski definition) is 1. The predicted molar refractivity (Wildman–Crippen MR) is 114 cm³/mol. The lowest BCUT2D eigenvalue weighted by Crippen LogP contribution is -2.25. The zero-order chi connectivity index (χ0) is 21.1. The Labute approximate surface area is 182 Å². The quantitative estimate of drug-likeness (QED) is 0.457. The van der Waals surface area contributed by atoms with Crippen molar-refractivity contribution in [3.63, 3.8) is 0 Å². The topological polar surface area (TPSA) is 59.8 Å². The van der Waals surface area contributed by atoms with E-state index in [0.29, 0.717) is 33.5 Å². The fraction of sp³-hybridized carbons (Fsp3) is 0.0455. The number of hydrogen-bond acceptors (Lipinski definition) is 3. The molecule has 2 aromatic carbocycles. The first-order chi connectivity index (χ1) is 14.5. The Hall–Kier alpha value is -3.22. The average Bonchev–Trinajstić information content (AvgIpc) is 3.20. The maximum absolute atomic E-state index is 14.3. The molecule has 5 nitrogen and oxygen atoms in total. The molecule has 1 N–H and O–H groups in total. The van der Waals surface area contributed by atoms with Gasteiger partial charge >= 0.3 is 0 Å². The molecule has 0 bridgehead atoms. The zero-order valence-corrected chi connectivity index (χ0v) is 17.0. The molecule has 150 valence electrons. The average molecular weight is 441 g/mol. The molecule has 1 amide bonds. The van der Waals surface area contributed by atoms with E-state index >= 15 is 0 Å². The highest BCUT2D eigenvalue weighted by molar-refractivity contribution is 6.42. The monoisotopic (exact) mass is 440 g/mol. The Morgan fingerprint density at radius 2 is 1.77 bits per heavy atom. The maximum atomic E-state index is 14.3. The molecule has 0 saturated carbocycles. The minimum absolute atomic E-state index is 0.237. The van der Waals surface area contributed by atoms with E-state index in [1.165, 1.54) is 10.7 Å². The van der Waals surface area contributed by atoms with Gasteiger partial charge in [0.25, 0.3) is 5.91 Å². The molecule has 0 fully saturated rings. The van der Waals surface area contributed by atoms with Crippen molar-refractivity contribution >= 4 is 29.1 Å². The van der Waals surface area contributed by atoms with Gasteiger partial charge in [-0.1, -0.05) is 35.3 Å². The van der Waals surface area contributed by atoms with Crippen LogP contribution in [0.4, 0.5) is 4.39 Å². The van der Waals surface area contributed by atoms with E-state index in [-0.39, 0.29) is 11.6 Å². The summed E-state index contributed by atoms with van der Waals surface area (Å²) in [4.78, 5) is 16.9. The second-order valence-corrected chi connectivity index (χ2v) is 7.26. The smallest absolute Gasteiger partial charge is 0.270 e. The molecule has 0 atom stereocenters. The molecule has 30 heavy (non-hydrogen) atoms. The summed E-state index contributed by atoms with van der Waals surface area (Å²) < 4.78 is 15.7. The van der Waals surface area contributed by atoms with Crippen LogP contribution in [0.25, 0.3) is 16.9 Å². The van der Waals surface area contributed by atoms with Crippen LogP contribution in [0.1, 0.15) is 16.1 Å². The number of carbonyl (C=O) groups excluding carboxylic acids is 1. The molecule has 4 aromatic rings. The second kappa shape index (κ2) is 8.65. The molecule has 0 saturated heterocycles. The van der Waals surface area contributed by atoms with Crippen LogP contribution in [0.2, 0.25) is 10.0 Å². The van der Waals surface area contributed by atoms with Crippen molar-refractivity contribution in [3.8, 4) is 16.9 Å². The summed E-state index contributed by atoms with van der Waals surface area (Å²) in [6.07, 6.45) is 3.30. The number of aromatic nitrogens is 3. The van der Waals surface area contributed by atoms with Gasteiger partial charge < -0.3 is 5.32 Å². The minimum Gasteiger partial charge on any atom is -0.347 e. The highest BCUT2D eigenvalue weighted by Gasteiger charge is 2.19. The number of rotatable bonds is 5. The van der Waals surface area contributed by atoms with E-state index in [1.807, 2.05) is 0 Å². The van der Waals surface area contributed by atoms with Crippen molar-refractivity contribution in [2.45, 2.75) is 6.54 Å². The molecule has 8 heteroatoms. The molecule has 2 aromatic heterocycles. The van der Waals surface area contributed by atoms with Gasteiger partial charge in [0.05, 0.1) is 21.4 Å². The first-order valence-corrected chi connectivity index (χ1v) is 9.76. The summed E-state index contributed by atoms with van der Waals surface area (Å²) in [6.45, 7) is 0.308. The number of amides is 1. The van der Waals surface area contributed by atoms with Crippen LogP contribution in [-0.2, 0) is 6.54 Å². The van der Waals surface area contributed by atoms with Crippen LogP contribution in [0.15, 0.2) is 73.1 Å². The normalized spacial score (nSPS) is 10.8. The third-order valence-electron chi connectivity index (χ3n) is 4.44. The van der Waals surface area contributed by atoms with Crippen molar-refractivity contribution in [1.82, 2.24) is 20.1 Å². The number of benzene rings is 2. The van der Waals surface area contributed by atoms with Crippen LogP contribution < -0.4 is 5.32 Å². The second-order valence-electron chi connectivity index (χ2n) is 6.44. The van der Waals surface area contributed by atoms with Gasteiger partial charge in [-0.25, -0.2) is 9.07 Å². The van der Waals surface area contributed by atoms with Crippen molar-refractivity contribution in [1.29, 1.82) is 0 Å². The standard InChI is InChI=1S/C22H15Cl2FN4O/c23-17-6-5-15(11-18(17)24)29-21(22(30)27-13-14-7-9-26-10-8-14)12-20(28-29)16-3-1-2-4-19(16)25/h1-12H,13H2,(H,27,30). The van der Waals surface area contributed by atoms with E-state index in [1.54, 1.807) is 67.0 Å². The molecular weight excluding hydrogens is 426 g/mol. The molecule has 0 aliphatic heterocycles. The van der Waals surface area contributed by atoms with E-state index in [2.05, 4.69) is 15.4 Å². The largest absolute Gasteiger partial charge is 0.347 e. The molecule has 0 spiro atoms. The van der Waals surface area contributed by atoms with Crippen molar-refractivity contribution < 1.29 is 9.18 Å².